The van der Waals surface area contributed by atoms with Gasteiger partial charge in [-0.05, 0) is 31.2 Å². The van der Waals surface area contributed by atoms with Gasteiger partial charge in [-0.1, -0.05) is 18.2 Å². The van der Waals surface area contributed by atoms with Crippen molar-refractivity contribution in [1.82, 2.24) is 4.90 Å². The molecule has 1 aromatic carbocycles. The first-order valence-electron chi connectivity index (χ1n) is 6.45. The molecule has 0 amide bonds. The molecule has 3 rings (SSSR count). The maximum Gasteiger partial charge on any atom is 0.311 e. The molecule has 5 nitrogen and oxygen atoms in total. The molecule has 1 atom stereocenters. The van der Waals surface area contributed by atoms with Gasteiger partial charge in [0.15, 0.2) is 0 Å². The Kier molecular flexibility index (Phi) is 2.82. The minimum absolute atomic E-state index is 0.00905. The van der Waals surface area contributed by atoms with Gasteiger partial charge in [0.05, 0.1) is 4.92 Å². The number of nitro benzene ring substituents is 1. The van der Waals surface area contributed by atoms with Crippen molar-refractivity contribution in [2.75, 3.05) is 6.54 Å². The fourth-order valence-electron chi connectivity index (χ4n) is 2.49. The highest BCUT2D eigenvalue weighted by atomic mass is 16.6. The molecule has 1 unspecified atom stereocenters. The Morgan fingerprint density at radius 2 is 2.20 bits per heavy atom. The molecule has 0 fully saturated rings. The van der Waals surface area contributed by atoms with E-state index < -0.39 is 10.6 Å². The highest BCUT2D eigenvalue weighted by Crippen LogP contribution is 2.40. The first-order chi connectivity index (χ1) is 9.66. The molecule has 1 aromatic rings. The predicted octanol–water partition coefficient (Wildman–Crippen LogP) is 3.10. The van der Waals surface area contributed by atoms with Crippen molar-refractivity contribution in [2.24, 2.45) is 0 Å². The fraction of sp³-hybridized carbons (Fsp3) is 0.200. The molecule has 2 aliphatic heterocycles. The van der Waals surface area contributed by atoms with Crippen molar-refractivity contribution >= 4 is 11.8 Å². The first-order valence-corrected chi connectivity index (χ1v) is 6.45. The summed E-state index contributed by atoms with van der Waals surface area (Å²) in [7, 11) is 0. The van der Waals surface area contributed by atoms with Crippen molar-refractivity contribution in [3.8, 4) is 5.75 Å². The van der Waals surface area contributed by atoms with Crippen LogP contribution in [0.2, 0.25) is 0 Å². The van der Waals surface area contributed by atoms with E-state index in [-0.39, 0.29) is 5.69 Å². The molecule has 102 valence electrons. The van der Waals surface area contributed by atoms with Crippen LogP contribution in [0.4, 0.5) is 5.69 Å². The largest absolute Gasteiger partial charge is 0.453 e. The van der Waals surface area contributed by atoms with E-state index in [0.717, 1.165) is 12.1 Å². The lowest BCUT2D eigenvalue weighted by Gasteiger charge is -2.41. The normalized spacial score (nSPS) is 22.8. The van der Waals surface area contributed by atoms with Crippen LogP contribution < -0.4 is 4.74 Å². The zero-order valence-corrected chi connectivity index (χ0v) is 11.0. The second-order valence-electron chi connectivity index (χ2n) is 4.63. The van der Waals surface area contributed by atoms with E-state index in [0.29, 0.717) is 5.75 Å². The number of rotatable bonds is 2. The molecule has 0 saturated heterocycles. The molecule has 0 aromatic heterocycles. The number of fused-ring (bicyclic) bond motifs is 1. The third-order valence-electron chi connectivity index (χ3n) is 3.49. The second-order valence-corrected chi connectivity index (χ2v) is 4.63. The molecule has 20 heavy (non-hydrogen) atoms. The lowest BCUT2D eigenvalue weighted by atomic mass is 10.0. The van der Waals surface area contributed by atoms with E-state index in [1.54, 1.807) is 6.07 Å². The van der Waals surface area contributed by atoms with Crippen LogP contribution in [-0.2, 0) is 0 Å². The number of likely N-dealkylation sites (N-methyl/N-ethyl adjacent to an activating group) is 1. The van der Waals surface area contributed by atoms with E-state index >= 15 is 0 Å². The molecule has 0 saturated carbocycles. The molecule has 0 aliphatic carbocycles. The monoisotopic (exact) mass is 270 g/mol. The van der Waals surface area contributed by atoms with E-state index in [4.69, 9.17) is 4.74 Å². The second kappa shape index (κ2) is 4.52. The number of hydrogen-bond donors (Lipinski definition) is 0. The van der Waals surface area contributed by atoms with Crippen LogP contribution in [-0.4, -0.2) is 22.1 Å². The summed E-state index contributed by atoms with van der Waals surface area (Å²) in [5, 5.41) is 11.2. The Bertz CT molecular complexity index is 649. The minimum Gasteiger partial charge on any atom is -0.453 e. The molecular weight excluding hydrogens is 256 g/mol. The van der Waals surface area contributed by atoms with Crippen LogP contribution in [0.25, 0.3) is 6.08 Å². The summed E-state index contributed by atoms with van der Waals surface area (Å²) in [6.45, 7) is 2.75. The van der Waals surface area contributed by atoms with Crippen LogP contribution in [0.3, 0.4) is 0 Å². The van der Waals surface area contributed by atoms with Gasteiger partial charge in [0.25, 0.3) is 0 Å². The summed E-state index contributed by atoms with van der Waals surface area (Å²) in [6, 6.07) is 4.94. The fourth-order valence-corrected chi connectivity index (χ4v) is 2.49. The number of ether oxygens (including phenoxy) is 1. The van der Waals surface area contributed by atoms with Gasteiger partial charge in [-0.25, -0.2) is 0 Å². The number of para-hydroxylation sites is 1. The third-order valence-corrected chi connectivity index (χ3v) is 3.49. The predicted molar refractivity (Wildman–Crippen MR) is 76.1 cm³/mol. The van der Waals surface area contributed by atoms with E-state index in [2.05, 4.69) is 0 Å². The number of hydrogen-bond acceptors (Lipinski definition) is 4. The summed E-state index contributed by atoms with van der Waals surface area (Å²) in [5.74, 6) is 0.318. The number of nitrogens with zero attached hydrogens (tertiary/aromatic N) is 2. The molecule has 0 N–H and O–H groups in total. The molecule has 0 radical (unpaired) electrons. The van der Waals surface area contributed by atoms with Crippen molar-refractivity contribution < 1.29 is 9.66 Å². The highest BCUT2D eigenvalue weighted by molar-refractivity contribution is 5.68. The van der Waals surface area contributed by atoms with E-state index in [1.165, 1.54) is 6.07 Å². The Hall–Kier alpha value is -2.56. The van der Waals surface area contributed by atoms with Crippen LogP contribution >= 0.6 is 0 Å². The summed E-state index contributed by atoms with van der Waals surface area (Å²) in [4.78, 5) is 12.7. The number of benzene rings is 1. The Labute approximate surface area is 116 Å². The van der Waals surface area contributed by atoms with Crippen molar-refractivity contribution in [3.05, 3.63) is 64.4 Å². The quantitative estimate of drug-likeness (QED) is 0.612. The maximum absolute atomic E-state index is 11.2. The lowest BCUT2D eigenvalue weighted by Crippen LogP contribution is -2.49. The summed E-state index contributed by atoms with van der Waals surface area (Å²) < 4.78 is 6.02. The smallest absolute Gasteiger partial charge is 0.311 e. The molecule has 2 heterocycles. The van der Waals surface area contributed by atoms with Gasteiger partial charge in [-0.15, -0.1) is 0 Å². The number of nitro groups is 1. The van der Waals surface area contributed by atoms with E-state index in [1.807, 2.05) is 54.5 Å². The average molecular weight is 270 g/mol. The minimum atomic E-state index is -0.775. The van der Waals surface area contributed by atoms with Crippen molar-refractivity contribution in [2.45, 2.75) is 12.6 Å². The Balaban J connectivity index is 2.10. The molecule has 0 bridgehead atoms. The Morgan fingerprint density at radius 1 is 1.35 bits per heavy atom. The summed E-state index contributed by atoms with van der Waals surface area (Å²) >= 11 is 0. The van der Waals surface area contributed by atoms with Crippen LogP contribution in [0.15, 0.2) is 48.7 Å². The van der Waals surface area contributed by atoms with Gasteiger partial charge in [0, 0.05) is 24.4 Å². The third kappa shape index (κ3) is 1.79. The molecule has 1 spiro atoms. The van der Waals surface area contributed by atoms with Crippen LogP contribution in [0.1, 0.15) is 12.5 Å². The zero-order valence-electron chi connectivity index (χ0n) is 11.0. The van der Waals surface area contributed by atoms with Crippen LogP contribution in [0, 0.1) is 10.1 Å². The standard InChI is InChI=1S/C15H14N2O3/c1-2-16-11-4-3-9-15(16)10-8-12-6-5-7-13(17(18)19)14(12)20-15/h3-11H,2H2,1H3. The first kappa shape index (κ1) is 12.5. The van der Waals surface area contributed by atoms with Gasteiger partial charge in [-0.3, -0.25) is 10.1 Å². The van der Waals surface area contributed by atoms with Gasteiger partial charge in [0.2, 0.25) is 11.5 Å². The SMILES string of the molecule is CCN1C=CC=CC12C=Cc1cccc([N+](=O)[O-])c1O2. The molecule has 2 aliphatic rings. The topological polar surface area (TPSA) is 55.6 Å². The maximum atomic E-state index is 11.2. The van der Waals surface area contributed by atoms with Gasteiger partial charge in [0.1, 0.15) is 0 Å². The zero-order chi connectivity index (χ0) is 14.2. The lowest BCUT2D eigenvalue weighted by molar-refractivity contribution is -0.386. The Morgan fingerprint density at radius 3 is 2.95 bits per heavy atom. The van der Waals surface area contributed by atoms with Gasteiger partial charge in [-0.2, -0.15) is 0 Å². The average Bonchev–Trinajstić information content (AvgIpc) is 2.47. The highest BCUT2D eigenvalue weighted by Gasteiger charge is 2.38. The summed E-state index contributed by atoms with van der Waals surface area (Å²) in [5.41, 5.74) is -0.0585. The number of allylic oxidation sites excluding steroid dienone is 2. The van der Waals surface area contributed by atoms with Gasteiger partial charge >= 0.3 is 5.69 Å². The van der Waals surface area contributed by atoms with E-state index in [9.17, 15) is 10.1 Å². The van der Waals surface area contributed by atoms with Crippen molar-refractivity contribution in [3.63, 3.8) is 0 Å². The van der Waals surface area contributed by atoms with Crippen LogP contribution in [0.5, 0.6) is 5.75 Å². The summed E-state index contributed by atoms with van der Waals surface area (Å²) in [6.07, 6.45) is 11.4. The van der Waals surface area contributed by atoms with Gasteiger partial charge < -0.3 is 9.64 Å². The molecule has 5 heteroatoms. The van der Waals surface area contributed by atoms with Crippen molar-refractivity contribution in [1.29, 1.82) is 0 Å². The molecular formula is C15H14N2O3.